The van der Waals surface area contributed by atoms with Crippen molar-refractivity contribution in [3.63, 3.8) is 0 Å². The number of ether oxygens (including phenoxy) is 5. The maximum absolute atomic E-state index is 14.0. The lowest BCUT2D eigenvalue weighted by atomic mass is 9.61. The van der Waals surface area contributed by atoms with E-state index in [-0.39, 0.29) is 24.4 Å². The molecule has 3 aliphatic rings. The summed E-state index contributed by atoms with van der Waals surface area (Å²) < 4.78 is 28.2. The van der Waals surface area contributed by atoms with E-state index in [1.165, 1.54) is 0 Å². The molecular formula is C26H29NO7. The van der Waals surface area contributed by atoms with Crippen molar-refractivity contribution >= 4 is 11.5 Å². The van der Waals surface area contributed by atoms with Gasteiger partial charge >= 0.3 is 0 Å². The van der Waals surface area contributed by atoms with Crippen LogP contribution in [-0.2, 0) is 9.63 Å². The fourth-order valence-electron chi connectivity index (χ4n) is 5.22. The Morgan fingerprint density at radius 1 is 0.971 bits per heavy atom. The maximum atomic E-state index is 14.0. The van der Waals surface area contributed by atoms with Gasteiger partial charge in [-0.25, -0.2) is 0 Å². The van der Waals surface area contributed by atoms with Crippen LogP contribution in [0.25, 0.3) is 0 Å². The van der Waals surface area contributed by atoms with E-state index >= 15 is 0 Å². The fraction of sp³-hybridized carbons (Fsp3) is 0.462. The molecule has 0 unspecified atom stereocenters. The highest BCUT2D eigenvalue weighted by Gasteiger charge is 2.51. The molecule has 0 bridgehead atoms. The van der Waals surface area contributed by atoms with Gasteiger partial charge in [0, 0.05) is 22.8 Å². The van der Waals surface area contributed by atoms with Crippen LogP contribution in [0.3, 0.4) is 0 Å². The predicted molar refractivity (Wildman–Crippen MR) is 124 cm³/mol. The number of methoxy groups -OCH3 is 3. The molecule has 2 aliphatic heterocycles. The van der Waals surface area contributed by atoms with E-state index in [1.54, 1.807) is 21.3 Å². The number of hydrogen-bond donors (Lipinski definition) is 0. The Morgan fingerprint density at radius 3 is 2.21 bits per heavy atom. The second-order valence-electron chi connectivity index (χ2n) is 9.75. The first-order valence-corrected chi connectivity index (χ1v) is 11.3. The summed E-state index contributed by atoms with van der Waals surface area (Å²) in [6.45, 7) is 6.34. The van der Waals surface area contributed by atoms with E-state index in [2.05, 4.69) is 5.16 Å². The molecule has 0 aromatic heterocycles. The first kappa shape index (κ1) is 22.4. The molecule has 1 aliphatic carbocycles. The van der Waals surface area contributed by atoms with Gasteiger partial charge in [0.15, 0.2) is 23.0 Å². The van der Waals surface area contributed by atoms with Crippen LogP contribution in [0.1, 0.15) is 43.4 Å². The molecule has 180 valence electrons. The van der Waals surface area contributed by atoms with Crippen molar-refractivity contribution in [3.05, 3.63) is 41.0 Å². The van der Waals surface area contributed by atoms with Crippen LogP contribution in [0.15, 0.2) is 29.4 Å². The first-order chi connectivity index (χ1) is 16.3. The van der Waals surface area contributed by atoms with Crippen molar-refractivity contribution in [2.45, 2.75) is 26.7 Å². The molecule has 0 amide bonds. The third kappa shape index (κ3) is 3.35. The molecular weight excluding hydrogens is 438 g/mol. The SMILES string of the molecule is COc1cc([C@@H]2c3cc4c(cc3C3=NOC[C@H]3[C@@H]2C(=O)C(C)(C)C)OCO4)cc(OC)c1OC. The van der Waals surface area contributed by atoms with E-state index in [1.807, 2.05) is 45.0 Å². The van der Waals surface area contributed by atoms with Gasteiger partial charge in [0.05, 0.1) is 33.0 Å². The number of oxime groups is 1. The average molecular weight is 468 g/mol. The molecule has 2 heterocycles. The number of rotatable bonds is 5. The maximum Gasteiger partial charge on any atom is 0.231 e. The second kappa shape index (κ2) is 8.11. The Bertz CT molecular complexity index is 1160. The van der Waals surface area contributed by atoms with Gasteiger partial charge in [-0.1, -0.05) is 25.9 Å². The highest BCUT2D eigenvalue weighted by molar-refractivity contribution is 6.09. The van der Waals surface area contributed by atoms with Gasteiger partial charge < -0.3 is 28.5 Å². The third-order valence-corrected chi connectivity index (χ3v) is 6.80. The van der Waals surface area contributed by atoms with Crippen molar-refractivity contribution in [2.75, 3.05) is 34.7 Å². The minimum absolute atomic E-state index is 0.137. The Morgan fingerprint density at radius 2 is 1.62 bits per heavy atom. The van der Waals surface area contributed by atoms with Crippen LogP contribution in [0.2, 0.25) is 0 Å². The second-order valence-corrected chi connectivity index (χ2v) is 9.75. The van der Waals surface area contributed by atoms with Crippen LogP contribution in [0.4, 0.5) is 0 Å². The molecule has 2 aromatic rings. The van der Waals surface area contributed by atoms with Gasteiger partial charge in [-0.2, -0.15) is 0 Å². The molecule has 3 atom stereocenters. The number of carbonyl (C=O) groups is 1. The highest BCUT2D eigenvalue weighted by atomic mass is 16.7. The zero-order valence-corrected chi connectivity index (χ0v) is 20.3. The van der Waals surface area contributed by atoms with Gasteiger partial charge in [-0.3, -0.25) is 4.79 Å². The number of ketones is 1. The number of nitrogens with zero attached hydrogens (tertiary/aromatic N) is 1. The number of benzene rings is 2. The molecule has 0 saturated carbocycles. The Labute approximate surface area is 198 Å². The summed E-state index contributed by atoms with van der Waals surface area (Å²) in [5.74, 6) is 2.11. The molecule has 34 heavy (non-hydrogen) atoms. The molecule has 0 fully saturated rings. The lowest BCUT2D eigenvalue weighted by Crippen LogP contribution is -2.44. The summed E-state index contributed by atoms with van der Waals surface area (Å²) in [5, 5.41) is 4.36. The van der Waals surface area contributed by atoms with Crippen LogP contribution < -0.4 is 23.7 Å². The summed E-state index contributed by atoms with van der Waals surface area (Å²) in [7, 11) is 4.74. The minimum atomic E-state index is -0.564. The van der Waals surface area contributed by atoms with E-state index in [4.69, 9.17) is 28.5 Å². The van der Waals surface area contributed by atoms with Crippen molar-refractivity contribution in [3.8, 4) is 28.7 Å². The summed E-state index contributed by atoms with van der Waals surface area (Å²) >= 11 is 0. The van der Waals surface area contributed by atoms with Crippen LogP contribution in [0, 0.1) is 17.3 Å². The smallest absolute Gasteiger partial charge is 0.231 e. The molecule has 0 spiro atoms. The number of hydrogen-bond acceptors (Lipinski definition) is 8. The number of carbonyl (C=O) groups excluding carboxylic acids is 1. The Hall–Kier alpha value is -3.42. The monoisotopic (exact) mass is 467 g/mol. The van der Waals surface area contributed by atoms with Crippen LogP contribution in [-0.4, -0.2) is 46.2 Å². The summed E-state index contributed by atoms with van der Waals surface area (Å²) in [6, 6.07) is 7.75. The molecule has 0 radical (unpaired) electrons. The van der Waals surface area contributed by atoms with Gasteiger partial charge in [0.2, 0.25) is 12.5 Å². The zero-order chi connectivity index (χ0) is 24.2. The van der Waals surface area contributed by atoms with E-state index in [9.17, 15) is 4.79 Å². The highest BCUT2D eigenvalue weighted by Crippen LogP contribution is 2.53. The molecule has 8 heteroatoms. The van der Waals surface area contributed by atoms with Crippen LogP contribution in [0.5, 0.6) is 28.7 Å². The van der Waals surface area contributed by atoms with Crippen molar-refractivity contribution < 1.29 is 33.3 Å². The van der Waals surface area contributed by atoms with Gasteiger partial charge in [0.25, 0.3) is 0 Å². The molecule has 2 aromatic carbocycles. The number of fused-ring (bicyclic) bond motifs is 4. The summed E-state index contributed by atoms with van der Waals surface area (Å²) in [6.07, 6.45) is 0. The Kier molecular flexibility index (Phi) is 5.34. The normalized spacial score (nSPS) is 22.3. The lowest BCUT2D eigenvalue weighted by Gasteiger charge is -2.39. The van der Waals surface area contributed by atoms with Crippen molar-refractivity contribution in [1.29, 1.82) is 0 Å². The summed E-state index contributed by atoms with van der Waals surface area (Å²) in [4.78, 5) is 19.5. The molecule has 8 nitrogen and oxygen atoms in total. The average Bonchev–Trinajstić information content (AvgIpc) is 3.49. The van der Waals surface area contributed by atoms with Crippen molar-refractivity contribution in [1.82, 2.24) is 0 Å². The third-order valence-electron chi connectivity index (χ3n) is 6.80. The first-order valence-electron chi connectivity index (χ1n) is 11.3. The minimum Gasteiger partial charge on any atom is -0.493 e. The van der Waals surface area contributed by atoms with E-state index in [0.717, 1.165) is 22.4 Å². The van der Waals surface area contributed by atoms with E-state index in [0.29, 0.717) is 35.4 Å². The topological polar surface area (TPSA) is 84.8 Å². The van der Waals surface area contributed by atoms with Gasteiger partial charge in [-0.05, 0) is 35.4 Å². The molecule has 0 saturated heterocycles. The van der Waals surface area contributed by atoms with Crippen molar-refractivity contribution in [2.24, 2.45) is 22.4 Å². The molecule has 0 N–H and O–H groups in total. The van der Waals surface area contributed by atoms with Crippen LogP contribution >= 0.6 is 0 Å². The number of Topliss-reactive ketones (excluding diaryl/α,β-unsaturated/α-hetero) is 1. The summed E-state index contributed by atoms with van der Waals surface area (Å²) in [5.41, 5.74) is 2.93. The van der Waals surface area contributed by atoms with E-state index < -0.39 is 11.3 Å². The zero-order valence-electron chi connectivity index (χ0n) is 20.3. The predicted octanol–water partition coefficient (Wildman–Crippen LogP) is 4.17. The quantitative estimate of drug-likeness (QED) is 0.653. The fourth-order valence-corrected chi connectivity index (χ4v) is 5.22. The van der Waals surface area contributed by atoms with Gasteiger partial charge in [0.1, 0.15) is 12.4 Å². The van der Waals surface area contributed by atoms with Gasteiger partial charge in [-0.15, -0.1) is 0 Å². The largest absolute Gasteiger partial charge is 0.493 e. The Balaban J connectivity index is 1.79. The molecule has 5 rings (SSSR count). The standard InChI is InChI=1S/C26H29NO7/c1-26(2,3)25(28)22-16-11-34-27-23(16)15-10-18-17(32-12-33-18)9-14(15)21(22)13-7-19(29-4)24(31-6)20(8-13)30-5/h7-10,16,21-22H,11-12H2,1-6H3/t16-,21+,22-/m0/s1. The lowest BCUT2D eigenvalue weighted by molar-refractivity contribution is -0.132.